The molecule has 0 aliphatic heterocycles. The number of aryl methyl sites for hydroxylation is 2. The van der Waals surface area contributed by atoms with Crippen LogP contribution in [-0.2, 0) is 6.42 Å². The molecule has 11 heteroatoms. The fraction of sp³-hybridized carbons (Fsp3) is 0.0877. The number of ether oxygens (including phenoxy) is 7. The van der Waals surface area contributed by atoms with Gasteiger partial charge in [0, 0.05) is 5.56 Å². The van der Waals surface area contributed by atoms with Crippen LogP contribution in [0, 0.1) is 13.8 Å². The van der Waals surface area contributed by atoms with E-state index in [9.17, 15) is 19.2 Å². The average molecular weight is 905 g/mol. The number of rotatable bonds is 16. The van der Waals surface area contributed by atoms with Crippen molar-refractivity contribution in [2.24, 2.45) is 0 Å². The Morgan fingerprint density at radius 3 is 0.971 bits per heavy atom. The SMILES string of the molecule is COc1ccc(Cc2ccc(OC(=O)c3ccc(Oc4ccc(C(=O)Oc5ccc(Oc6ccc(OC(=O)c7ccc(Oc8ccc(C(C)=O)cc8)cc7)cc6)cc5)cc4)cc3)c(C)c2)cc1C. The molecule has 8 aromatic carbocycles. The highest BCUT2D eigenvalue weighted by molar-refractivity contribution is 5.94. The minimum absolute atomic E-state index is 0.0291. The van der Waals surface area contributed by atoms with Crippen LogP contribution >= 0.6 is 0 Å². The van der Waals surface area contributed by atoms with Crippen LogP contribution in [0.5, 0.6) is 57.5 Å². The van der Waals surface area contributed by atoms with E-state index in [-0.39, 0.29) is 5.78 Å². The molecule has 68 heavy (non-hydrogen) atoms. The third-order valence-corrected chi connectivity index (χ3v) is 10.6. The van der Waals surface area contributed by atoms with E-state index < -0.39 is 17.9 Å². The highest BCUT2D eigenvalue weighted by Crippen LogP contribution is 2.30. The van der Waals surface area contributed by atoms with Crippen LogP contribution in [-0.4, -0.2) is 30.8 Å². The highest BCUT2D eigenvalue weighted by Gasteiger charge is 2.15. The van der Waals surface area contributed by atoms with Gasteiger partial charge in [-0.25, -0.2) is 14.4 Å². The molecule has 0 saturated heterocycles. The Kier molecular flexibility index (Phi) is 14.0. The summed E-state index contributed by atoms with van der Waals surface area (Å²) < 4.78 is 39.9. The van der Waals surface area contributed by atoms with Gasteiger partial charge >= 0.3 is 17.9 Å². The summed E-state index contributed by atoms with van der Waals surface area (Å²) in [4.78, 5) is 50.3. The van der Waals surface area contributed by atoms with E-state index in [2.05, 4.69) is 6.07 Å². The Labute approximate surface area is 393 Å². The third kappa shape index (κ3) is 11.8. The molecule has 11 nitrogen and oxygen atoms in total. The zero-order valence-electron chi connectivity index (χ0n) is 37.5. The summed E-state index contributed by atoms with van der Waals surface area (Å²) in [6, 6.07) is 51.5. The second-order valence-corrected chi connectivity index (χ2v) is 15.7. The molecule has 0 atom stereocenters. The minimum atomic E-state index is -0.558. The number of carbonyl (C=O) groups is 4. The van der Waals surface area contributed by atoms with Crippen LogP contribution in [0.2, 0.25) is 0 Å². The summed E-state index contributed by atoms with van der Waals surface area (Å²) >= 11 is 0. The molecule has 0 unspecified atom stereocenters. The van der Waals surface area contributed by atoms with E-state index in [0.29, 0.717) is 74.0 Å². The van der Waals surface area contributed by atoms with Crippen molar-refractivity contribution in [3.05, 3.63) is 226 Å². The number of methoxy groups -OCH3 is 1. The first-order chi connectivity index (χ1) is 32.9. The first-order valence-corrected chi connectivity index (χ1v) is 21.5. The van der Waals surface area contributed by atoms with E-state index in [1.165, 1.54) is 6.92 Å². The first kappa shape index (κ1) is 45.6. The Morgan fingerprint density at radius 1 is 0.353 bits per heavy atom. The lowest BCUT2D eigenvalue weighted by Crippen LogP contribution is -2.09. The lowest BCUT2D eigenvalue weighted by Gasteiger charge is -2.11. The molecule has 0 saturated carbocycles. The number of hydrogen-bond donors (Lipinski definition) is 0. The van der Waals surface area contributed by atoms with Gasteiger partial charge in [0.2, 0.25) is 0 Å². The van der Waals surface area contributed by atoms with Crippen molar-refractivity contribution in [2.75, 3.05) is 7.11 Å². The second kappa shape index (κ2) is 20.9. The number of esters is 3. The van der Waals surface area contributed by atoms with Crippen molar-refractivity contribution < 1.29 is 52.3 Å². The molecule has 0 fully saturated rings. The third-order valence-electron chi connectivity index (χ3n) is 10.6. The van der Waals surface area contributed by atoms with E-state index in [1.54, 1.807) is 153 Å². The van der Waals surface area contributed by atoms with Gasteiger partial charge in [0.15, 0.2) is 5.78 Å². The number of hydrogen-bond acceptors (Lipinski definition) is 11. The molecule has 0 aliphatic carbocycles. The summed E-state index contributed by atoms with van der Waals surface area (Å²) in [7, 11) is 1.66. The van der Waals surface area contributed by atoms with Crippen molar-refractivity contribution in [2.45, 2.75) is 27.2 Å². The predicted molar refractivity (Wildman–Crippen MR) is 255 cm³/mol. The van der Waals surface area contributed by atoms with Crippen molar-refractivity contribution in [1.29, 1.82) is 0 Å². The molecular weight excluding hydrogens is 861 g/mol. The lowest BCUT2D eigenvalue weighted by molar-refractivity contribution is 0.0724. The molecule has 8 rings (SSSR count). The zero-order chi connectivity index (χ0) is 47.6. The first-order valence-electron chi connectivity index (χ1n) is 21.5. The van der Waals surface area contributed by atoms with Gasteiger partial charge in [-0.2, -0.15) is 0 Å². The van der Waals surface area contributed by atoms with Gasteiger partial charge < -0.3 is 33.2 Å². The summed E-state index contributed by atoms with van der Waals surface area (Å²) in [5, 5.41) is 0. The van der Waals surface area contributed by atoms with Crippen molar-refractivity contribution in [3.63, 3.8) is 0 Å². The molecule has 0 heterocycles. The quantitative estimate of drug-likeness (QED) is 0.0521. The lowest BCUT2D eigenvalue weighted by atomic mass is 10.0. The second-order valence-electron chi connectivity index (χ2n) is 15.7. The molecule has 8 aromatic rings. The molecule has 0 bridgehead atoms. The Morgan fingerprint density at radius 2 is 0.647 bits per heavy atom. The number of Topliss-reactive ketones (excluding diaryl/α,β-unsaturated/α-hetero) is 1. The van der Waals surface area contributed by atoms with Gasteiger partial charge in [-0.3, -0.25) is 4.79 Å². The van der Waals surface area contributed by atoms with Crippen molar-refractivity contribution in [1.82, 2.24) is 0 Å². The van der Waals surface area contributed by atoms with Crippen LogP contribution in [0.3, 0.4) is 0 Å². The van der Waals surface area contributed by atoms with Gasteiger partial charge in [-0.1, -0.05) is 24.3 Å². The van der Waals surface area contributed by atoms with Gasteiger partial charge in [-0.15, -0.1) is 0 Å². The maximum Gasteiger partial charge on any atom is 0.343 e. The monoisotopic (exact) mass is 904 g/mol. The van der Waals surface area contributed by atoms with E-state index in [4.69, 9.17) is 33.2 Å². The Hall–Kier alpha value is -8.96. The number of benzene rings is 8. The van der Waals surface area contributed by atoms with Crippen molar-refractivity contribution in [3.8, 4) is 57.5 Å². The van der Waals surface area contributed by atoms with E-state index in [1.807, 2.05) is 44.2 Å². The summed E-state index contributed by atoms with van der Waals surface area (Å²) in [6.07, 6.45) is 0.740. The van der Waals surface area contributed by atoms with Crippen LogP contribution in [0.15, 0.2) is 182 Å². The number of carbonyl (C=O) groups excluding carboxylic acids is 4. The largest absolute Gasteiger partial charge is 0.496 e. The average Bonchev–Trinajstić information content (AvgIpc) is 3.34. The maximum atomic E-state index is 13.0. The standard InChI is InChI=1S/C57H44O11/c1-36-33-39(5-31-53(36)62-4)35-40-6-32-54(37(2)34-40)68-57(61)44-13-21-48(22-14-44)64-47-19-11-43(12-20-47)56(60)67-52-29-25-50(26-30-52)65-49-23-27-51(28-24-49)66-55(59)42-9-17-46(18-10-42)63-45-15-7-41(8-16-45)38(3)58/h5-34H,35H2,1-4H3. The van der Waals surface area contributed by atoms with Crippen molar-refractivity contribution >= 4 is 23.7 Å². The fourth-order valence-electron chi connectivity index (χ4n) is 7.01. The van der Waals surface area contributed by atoms with Crippen LogP contribution in [0.1, 0.15) is 70.6 Å². The predicted octanol–water partition coefficient (Wildman–Crippen LogP) is 13.1. The van der Waals surface area contributed by atoms with E-state index >= 15 is 0 Å². The summed E-state index contributed by atoms with van der Waals surface area (Å²) in [5.41, 5.74) is 5.80. The van der Waals surface area contributed by atoms with E-state index in [0.717, 1.165) is 34.4 Å². The van der Waals surface area contributed by atoms with Crippen LogP contribution in [0.4, 0.5) is 0 Å². The highest BCUT2D eigenvalue weighted by atomic mass is 16.5. The summed E-state index contributed by atoms with van der Waals surface area (Å²) in [5.74, 6) is 3.43. The van der Waals surface area contributed by atoms with Crippen LogP contribution < -0.4 is 33.2 Å². The van der Waals surface area contributed by atoms with Gasteiger partial charge in [-0.05, 0) is 207 Å². The smallest absolute Gasteiger partial charge is 0.343 e. The van der Waals surface area contributed by atoms with Gasteiger partial charge in [0.05, 0.1) is 23.8 Å². The molecule has 0 radical (unpaired) electrons. The molecule has 0 N–H and O–H groups in total. The zero-order valence-corrected chi connectivity index (χ0v) is 37.5. The molecule has 0 spiro atoms. The molecule has 0 aliphatic rings. The topological polar surface area (TPSA) is 133 Å². The molecule has 0 amide bonds. The van der Waals surface area contributed by atoms with Crippen LogP contribution in [0.25, 0.3) is 0 Å². The maximum absolute atomic E-state index is 13.0. The molecule has 338 valence electrons. The van der Waals surface area contributed by atoms with Gasteiger partial charge in [0.25, 0.3) is 0 Å². The minimum Gasteiger partial charge on any atom is -0.496 e. The Balaban J connectivity index is 0.769. The normalized spacial score (nSPS) is 10.6. The fourth-order valence-corrected chi connectivity index (χ4v) is 7.01. The Bertz CT molecular complexity index is 3070. The molecular formula is C57H44O11. The van der Waals surface area contributed by atoms with Gasteiger partial charge in [0.1, 0.15) is 57.5 Å². The molecule has 0 aromatic heterocycles. The summed E-state index contributed by atoms with van der Waals surface area (Å²) in [6.45, 7) is 5.43. The number of ketones is 1.